The van der Waals surface area contributed by atoms with Crippen molar-refractivity contribution in [2.24, 2.45) is 0 Å². The molecule has 0 aromatic heterocycles. The van der Waals surface area contributed by atoms with Gasteiger partial charge < -0.3 is 16.0 Å². The van der Waals surface area contributed by atoms with Crippen molar-refractivity contribution in [2.75, 3.05) is 45.8 Å². The summed E-state index contributed by atoms with van der Waals surface area (Å²) in [5.41, 5.74) is 0.585. The highest BCUT2D eigenvalue weighted by Crippen LogP contribution is 2.03. The first-order valence-electron chi connectivity index (χ1n) is 7.84. The number of halogens is 2. The first kappa shape index (κ1) is 20.3. The maximum Gasteiger partial charge on any atom is 0.239 e. The number of benzene rings is 1. The van der Waals surface area contributed by atoms with Gasteiger partial charge in [0.15, 0.2) is 0 Å². The smallest absolute Gasteiger partial charge is 0.239 e. The van der Waals surface area contributed by atoms with Crippen LogP contribution < -0.4 is 16.0 Å². The van der Waals surface area contributed by atoms with Gasteiger partial charge in [-0.1, -0.05) is 12.1 Å². The Morgan fingerprint density at radius 2 is 1.92 bits per heavy atom. The maximum absolute atomic E-state index is 13.0. The summed E-state index contributed by atoms with van der Waals surface area (Å²) in [7, 11) is 0. The number of carbonyl (C=O) groups is 2. The zero-order valence-electron chi connectivity index (χ0n) is 13.5. The van der Waals surface area contributed by atoms with E-state index < -0.39 is 0 Å². The molecule has 1 aliphatic rings. The van der Waals surface area contributed by atoms with Crippen molar-refractivity contribution in [3.05, 3.63) is 35.6 Å². The molecule has 2 amide bonds. The number of nitrogens with one attached hydrogen (secondary N) is 3. The van der Waals surface area contributed by atoms with Crippen molar-refractivity contribution < 1.29 is 14.0 Å². The summed E-state index contributed by atoms with van der Waals surface area (Å²) in [5.74, 6) is -0.887. The molecule has 8 heteroatoms. The Kier molecular flexibility index (Phi) is 9.29. The van der Waals surface area contributed by atoms with E-state index in [9.17, 15) is 14.0 Å². The van der Waals surface area contributed by atoms with E-state index >= 15 is 0 Å². The molecule has 134 valence electrons. The molecule has 0 saturated carbocycles. The van der Waals surface area contributed by atoms with E-state index in [1.54, 1.807) is 12.1 Å². The average molecular weight is 359 g/mol. The van der Waals surface area contributed by atoms with Crippen molar-refractivity contribution in [1.82, 2.24) is 20.9 Å². The topological polar surface area (TPSA) is 73.5 Å². The molecule has 1 fully saturated rings. The fourth-order valence-electron chi connectivity index (χ4n) is 2.42. The van der Waals surface area contributed by atoms with Gasteiger partial charge in [0.2, 0.25) is 11.8 Å². The molecular formula is C16H24ClFN4O2. The molecule has 0 bridgehead atoms. The van der Waals surface area contributed by atoms with Gasteiger partial charge in [-0.05, 0) is 17.7 Å². The van der Waals surface area contributed by atoms with Crippen LogP contribution in [0, 0.1) is 5.82 Å². The molecule has 1 aromatic carbocycles. The third-order valence-electron chi connectivity index (χ3n) is 3.66. The van der Waals surface area contributed by atoms with E-state index in [0.717, 1.165) is 32.7 Å². The Bertz CT molecular complexity index is 539. The van der Waals surface area contributed by atoms with Crippen LogP contribution in [0.15, 0.2) is 24.3 Å². The van der Waals surface area contributed by atoms with Crippen molar-refractivity contribution in [1.29, 1.82) is 0 Å². The Labute approximate surface area is 147 Å². The molecule has 1 aromatic rings. The largest absolute Gasteiger partial charge is 0.353 e. The summed E-state index contributed by atoms with van der Waals surface area (Å²) in [4.78, 5) is 25.7. The van der Waals surface area contributed by atoms with Gasteiger partial charge in [-0.2, -0.15) is 0 Å². The average Bonchev–Trinajstić information content (AvgIpc) is 2.54. The predicted molar refractivity (Wildman–Crippen MR) is 92.7 cm³/mol. The van der Waals surface area contributed by atoms with Crippen molar-refractivity contribution in [3.8, 4) is 0 Å². The van der Waals surface area contributed by atoms with Crippen LogP contribution in [0.3, 0.4) is 0 Å². The second kappa shape index (κ2) is 11.0. The molecule has 0 aliphatic carbocycles. The van der Waals surface area contributed by atoms with Crippen molar-refractivity contribution in [2.45, 2.75) is 6.42 Å². The normalized spacial score (nSPS) is 14.5. The minimum atomic E-state index is -0.374. The number of piperazine rings is 1. The minimum Gasteiger partial charge on any atom is -0.353 e. The van der Waals surface area contributed by atoms with E-state index in [1.807, 2.05) is 0 Å². The Morgan fingerprint density at radius 3 is 2.62 bits per heavy atom. The Balaban J connectivity index is 0.00000288. The molecule has 0 atom stereocenters. The number of hydrogen-bond donors (Lipinski definition) is 3. The SMILES string of the molecule is Cl.O=C(CNC(=O)Cc1cccc(F)c1)NCCN1CCNCC1. The highest BCUT2D eigenvalue weighted by atomic mass is 35.5. The van der Waals surface area contributed by atoms with E-state index in [0.29, 0.717) is 12.1 Å². The minimum absolute atomic E-state index is 0. The van der Waals surface area contributed by atoms with Gasteiger partial charge in [-0.25, -0.2) is 4.39 Å². The lowest BCUT2D eigenvalue weighted by Crippen LogP contribution is -2.47. The molecule has 24 heavy (non-hydrogen) atoms. The van der Waals surface area contributed by atoms with Crippen LogP contribution in [-0.2, 0) is 16.0 Å². The third kappa shape index (κ3) is 7.72. The molecule has 2 rings (SSSR count). The van der Waals surface area contributed by atoms with Gasteiger partial charge in [0.25, 0.3) is 0 Å². The third-order valence-corrected chi connectivity index (χ3v) is 3.66. The summed E-state index contributed by atoms with van der Waals surface area (Å²) in [5, 5.41) is 8.59. The van der Waals surface area contributed by atoms with Crippen molar-refractivity contribution in [3.63, 3.8) is 0 Å². The fraction of sp³-hybridized carbons (Fsp3) is 0.500. The Hall–Kier alpha value is -1.70. The number of hydrogen-bond acceptors (Lipinski definition) is 4. The molecule has 1 aliphatic heterocycles. The highest BCUT2D eigenvalue weighted by Gasteiger charge is 2.10. The van der Waals surface area contributed by atoms with Gasteiger partial charge in [-0.15, -0.1) is 12.4 Å². The van der Waals surface area contributed by atoms with Crippen LogP contribution in [-0.4, -0.2) is 62.5 Å². The van der Waals surface area contributed by atoms with Gasteiger partial charge in [-0.3, -0.25) is 14.5 Å². The molecule has 3 N–H and O–H groups in total. The van der Waals surface area contributed by atoms with Crippen LogP contribution in [0.4, 0.5) is 4.39 Å². The molecular weight excluding hydrogens is 335 g/mol. The molecule has 1 saturated heterocycles. The van der Waals surface area contributed by atoms with Gasteiger partial charge in [0.05, 0.1) is 13.0 Å². The molecule has 0 unspecified atom stereocenters. The number of rotatable bonds is 7. The number of nitrogens with zero attached hydrogens (tertiary/aromatic N) is 1. The maximum atomic E-state index is 13.0. The van der Waals surface area contributed by atoms with Gasteiger partial charge in [0.1, 0.15) is 5.82 Å². The molecule has 0 radical (unpaired) electrons. The van der Waals surface area contributed by atoms with E-state index in [4.69, 9.17) is 0 Å². The first-order valence-corrected chi connectivity index (χ1v) is 7.84. The van der Waals surface area contributed by atoms with Gasteiger partial charge in [0, 0.05) is 39.3 Å². The second-order valence-electron chi connectivity index (χ2n) is 5.53. The summed E-state index contributed by atoms with van der Waals surface area (Å²) in [6.45, 7) is 5.24. The standard InChI is InChI=1S/C16H23FN4O2.ClH/c17-14-3-1-2-13(10-14)11-15(22)20-12-16(23)19-6-9-21-7-4-18-5-8-21;/h1-3,10,18H,4-9,11-12H2,(H,19,23)(H,20,22);1H. The quantitative estimate of drug-likeness (QED) is 0.638. The monoisotopic (exact) mass is 358 g/mol. The summed E-state index contributed by atoms with van der Waals surface area (Å²) in [6, 6.07) is 5.87. The van der Waals surface area contributed by atoms with Crippen molar-refractivity contribution >= 4 is 24.2 Å². The summed E-state index contributed by atoms with van der Waals surface area (Å²) in [6.07, 6.45) is 0.0613. The van der Waals surface area contributed by atoms with E-state index in [-0.39, 0.29) is 43.0 Å². The predicted octanol–water partition coefficient (Wildman–Crippen LogP) is -0.0724. The zero-order valence-corrected chi connectivity index (χ0v) is 14.3. The number of carbonyl (C=O) groups excluding carboxylic acids is 2. The van der Waals surface area contributed by atoms with Gasteiger partial charge >= 0.3 is 0 Å². The summed E-state index contributed by atoms with van der Waals surface area (Å²) < 4.78 is 13.0. The van der Waals surface area contributed by atoms with Crippen LogP contribution >= 0.6 is 12.4 Å². The fourth-order valence-corrected chi connectivity index (χ4v) is 2.42. The molecule has 0 spiro atoms. The van der Waals surface area contributed by atoms with Crippen LogP contribution in [0.25, 0.3) is 0 Å². The lowest BCUT2D eigenvalue weighted by Gasteiger charge is -2.27. The molecule has 6 nitrogen and oxygen atoms in total. The van der Waals surface area contributed by atoms with E-state index in [2.05, 4.69) is 20.9 Å². The number of amides is 2. The summed E-state index contributed by atoms with van der Waals surface area (Å²) >= 11 is 0. The lowest BCUT2D eigenvalue weighted by atomic mass is 10.1. The highest BCUT2D eigenvalue weighted by molar-refractivity contribution is 5.86. The lowest BCUT2D eigenvalue weighted by molar-refractivity contribution is -0.125. The molecule has 1 heterocycles. The first-order chi connectivity index (χ1) is 11.1. The van der Waals surface area contributed by atoms with Crippen LogP contribution in [0.2, 0.25) is 0 Å². The zero-order chi connectivity index (χ0) is 16.5. The Morgan fingerprint density at radius 1 is 1.17 bits per heavy atom. The van der Waals surface area contributed by atoms with E-state index in [1.165, 1.54) is 12.1 Å². The van der Waals surface area contributed by atoms with Crippen LogP contribution in [0.5, 0.6) is 0 Å². The second-order valence-corrected chi connectivity index (χ2v) is 5.53. The van der Waals surface area contributed by atoms with Crippen LogP contribution in [0.1, 0.15) is 5.56 Å².